The van der Waals surface area contributed by atoms with E-state index in [1.54, 1.807) is 40.0 Å². The number of pyridine rings is 1. The number of esters is 1. The minimum Gasteiger partial charge on any atom is -0.461 e. The molecule has 49 heavy (non-hydrogen) atoms. The van der Waals surface area contributed by atoms with Crippen molar-refractivity contribution in [3.8, 4) is 0 Å². The number of allylic oxidation sites excluding steroid dienone is 1. The van der Waals surface area contributed by atoms with Gasteiger partial charge in [-0.3, -0.25) is 19.2 Å². The molecule has 0 aliphatic heterocycles. The molecule has 8 N–H and O–H groups in total. The molecule has 16 nitrogen and oxygen atoms in total. The summed E-state index contributed by atoms with van der Waals surface area (Å²) in [6.07, 6.45) is 3.31. The van der Waals surface area contributed by atoms with Gasteiger partial charge in [0.05, 0.1) is 23.6 Å². The lowest BCUT2D eigenvalue weighted by Crippen LogP contribution is -2.52. The molecule has 3 rings (SSSR count). The molecule has 0 radical (unpaired) electrons. The Hall–Kier alpha value is -5.51. The first kappa shape index (κ1) is 37.9. The molecule has 0 spiro atoms. The van der Waals surface area contributed by atoms with Crippen molar-refractivity contribution in [2.45, 2.75) is 65.2 Å². The van der Waals surface area contributed by atoms with Crippen LogP contribution in [0.15, 0.2) is 59.5 Å². The molecule has 1 aromatic carbocycles. The Bertz CT molecular complexity index is 1680. The molecule has 0 unspecified atom stereocenters. The van der Waals surface area contributed by atoms with E-state index in [1.807, 2.05) is 24.3 Å². The summed E-state index contributed by atoms with van der Waals surface area (Å²) in [6, 6.07) is 7.47. The van der Waals surface area contributed by atoms with E-state index in [1.165, 1.54) is 16.7 Å². The number of anilines is 1. The second kappa shape index (κ2) is 18.1. The van der Waals surface area contributed by atoms with Crippen molar-refractivity contribution in [3.63, 3.8) is 0 Å². The highest BCUT2D eigenvalue weighted by molar-refractivity contribution is 5.96. The van der Waals surface area contributed by atoms with E-state index < -0.39 is 53.5 Å². The van der Waals surface area contributed by atoms with Crippen LogP contribution in [0.4, 0.5) is 10.5 Å². The maximum absolute atomic E-state index is 13.3. The zero-order valence-electron chi connectivity index (χ0n) is 27.9. The number of rotatable bonds is 17. The van der Waals surface area contributed by atoms with Crippen molar-refractivity contribution < 1.29 is 33.4 Å². The molecule has 0 aliphatic carbocycles. The number of carbonyl (C=O) groups excluding carboxylic acids is 5. The predicted molar refractivity (Wildman–Crippen MR) is 181 cm³/mol. The minimum atomic E-state index is -1.19. The normalized spacial score (nSPS) is 13.2. The lowest BCUT2D eigenvalue weighted by Gasteiger charge is -2.24. The number of amides is 4. The number of primary amides is 1. The number of H-pyrrole nitrogens is 1. The Labute approximate surface area is 283 Å². The lowest BCUT2D eigenvalue weighted by atomic mass is 10.0. The highest BCUT2D eigenvalue weighted by atomic mass is 16.6. The molecule has 3 aromatic rings. The fourth-order valence-corrected chi connectivity index (χ4v) is 4.55. The van der Waals surface area contributed by atoms with Gasteiger partial charge < -0.3 is 46.4 Å². The summed E-state index contributed by atoms with van der Waals surface area (Å²) < 4.78 is 11.7. The molecule has 264 valence electrons. The Morgan fingerprint density at radius 3 is 2.35 bits per heavy atom. The number of fused-ring (bicyclic) bond motifs is 1. The molecule has 0 saturated carbocycles. The highest BCUT2D eigenvalue weighted by Crippen LogP contribution is 2.12. The third kappa shape index (κ3) is 11.6. The molecule has 0 fully saturated rings. The zero-order chi connectivity index (χ0) is 36.1. The fourth-order valence-electron chi connectivity index (χ4n) is 4.55. The first-order chi connectivity index (χ1) is 23.3. The van der Waals surface area contributed by atoms with Crippen LogP contribution in [-0.4, -0.2) is 75.7 Å². The van der Waals surface area contributed by atoms with Crippen LogP contribution in [0.5, 0.6) is 0 Å². The summed E-state index contributed by atoms with van der Waals surface area (Å²) in [5.41, 5.74) is 12.0. The summed E-state index contributed by atoms with van der Waals surface area (Å²) in [7, 11) is 0. The number of nitrogens with one attached hydrogen (secondary N) is 4. The largest absolute Gasteiger partial charge is 0.461 e. The number of alkyl carbamates (subject to hydrolysis) is 1. The van der Waals surface area contributed by atoms with Crippen molar-refractivity contribution in [1.82, 2.24) is 25.2 Å². The summed E-state index contributed by atoms with van der Waals surface area (Å²) in [4.78, 5) is 82.8. The highest BCUT2D eigenvalue weighted by Gasteiger charge is 2.29. The standard InChI is InChI=1S/C33H44N8O8/c1-19(2)27(35)30(44)40-28(20(3)4)32(46)48-16-17-49-33(47)39-23(12-7-8-14-25(34)42)29(43)38-24-13-9-15-41(31(24)45)18-26-36-21-10-5-6-11-22(21)37-26/h5-6,8-11,13-15,19-20,23,27-28H,7,12,16-18,35H2,1-4H3,(H2,34,42)(H,36,37)(H,38,43)(H,39,47)(H,40,44)/b14-8+/t23-,27-,28-/m0/s1. The van der Waals surface area contributed by atoms with Gasteiger partial charge in [-0.1, -0.05) is 45.9 Å². The van der Waals surface area contributed by atoms with E-state index in [2.05, 4.69) is 25.9 Å². The Morgan fingerprint density at radius 1 is 0.959 bits per heavy atom. The number of para-hydroxylation sites is 2. The minimum absolute atomic E-state index is 0.0218. The molecule has 4 amide bonds. The molecule has 3 atom stereocenters. The van der Waals surface area contributed by atoms with Crippen LogP contribution in [0.3, 0.4) is 0 Å². The molecular formula is C33H44N8O8. The van der Waals surface area contributed by atoms with Gasteiger partial charge in [0.25, 0.3) is 5.56 Å². The summed E-state index contributed by atoms with van der Waals surface area (Å²) in [5.74, 6) is -2.51. The molecule has 16 heteroatoms. The first-order valence-electron chi connectivity index (χ1n) is 15.8. The van der Waals surface area contributed by atoms with E-state index in [0.29, 0.717) is 5.82 Å². The second-order valence-electron chi connectivity index (χ2n) is 11.9. The number of nitrogens with two attached hydrogens (primary N) is 2. The van der Waals surface area contributed by atoms with Gasteiger partial charge in [0.2, 0.25) is 17.7 Å². The van der Waals surface area contributed by atoms with Crippen LogP contribution >= 0.6 is 0 Å². The van der Waals surface area contributed by atoms with Gasteiger partial charge in [0, 0.05) is 6.20 Å². The van der Waals surface area contributed by atoms with Crippen molar-refractivity contribution in [1.29, 1.82) is 0 Å². The van der Waals surface area contributed by atoms with Gasteiger partial charge in [-0.15, -0.1) is 0 Å². The molecule has 0 aliphatic rings. The van der Waals surface area contributed by atoms with E-state index >= 15 is 0 Å². The summed E-state index contributed by atoms with van der Waals surface area (Å²) >= 11 is 0. The molecule has 2 heterocycles. The molecule has 2 aromatic heterocycles. The van der Waals surface area contributed by atoms with Crippen molar-refractivity contribution >= 4 is 46.5 Å². The van der Waals surface area contributed by atoms with Crippen LogP contribution in [-0.2, 0) is 35.2 Å². The molecule has 0 saturated heterocycles. The van der Waals surface area contributed by atoms with Gasteiger partial charge in [0.15, 0.2) is 0 Å². The van der Waals surface area contributed by atoms with Gasteiger partial charge >= 0.3 is 12.1 Å². The molecule has 0 bridgehead atoms. The average molecular weight is 681 g/mol. The van der Waals surface area contributed by atoms with E-state index in [-0.39, 0.29) is 50.1 Å². The monoisotopic (exact) mass is 680 g/mol. The number of hydrogen-bond acceptors (Lipinski definition) is 10. The van der Waals surface area contributed by atoms with E-state index in [4.69, 9.17) is 20.9 Å². The fraction of sp³-hybridized carbons (Fsp3) is 0.424. The number of hydrogen-bond donors (Lipinski definition) is 6. The van der Waals surface area contributed by atoms with Crippen LogP contribution in [0.1, 0.15) is 46.4 Å². The number of aromatic amines is 1. The maximum Gasteiger partial charge on any atom is 0.407 e. The van der Waals surface area contributed by atoms with E-state index in [9.17, 15) is 28.8 Å². The number of nitrogens with zero attached hydrogens (tertiary/aromatic N) is 2. The third-order valence-electron chi connectivity index (χ3n) is 7.35. The van der Waals surface area contributed by atoms with E-state index in [0.717, 1.165) is 17.1 Å². The van der Waals surface area contributed by atoms with Crippen LogP contribution in [0, 0.1) is 11.8 Å². The average Bonchev–Trinajstić information content (AvgIpc) is 3.46. The number of benzene rings is 1. The van der Waals surface area contributed by atoms with Gasteiger partial charge in [-0.25, -0.2) is 14.6 Å². The first-order valence-corrected chi connectivity index (χ1v) is 15.8. The Kier molecular flexibility index (Phi) is 14.1. The lowest BCUT2D eigenvalue weighted by molar-refractivity contribution is -0.150. The van der Waals surface area contributed by atoms with Gasteiger partial charge in [-0.2, -0.15) is 0 Å². The smallest absolute Gasteiger partial charge is 0.407 e. The van der Waals surface area contributed by atoms with Gasteiger partial charge in [0.1, 0.15) is 36.8 Å². The van der Waals surface area contributed by atoms with Crippen LogP contribution in [0.25, 0.3) is 11.0 Å². The maximum atomic E-state index is 13.3. The Balaban J connectivity index is 1.60. The van der Waals surface area contributed by atoms with Crippen LogP contribution in [0.2, 0.25) is 0 Å². The summed E-state index contributed by atoms with van der Waals surface area (Å²) in [6.45, 7) is 6.45. The van der Waals surface area contributed by atoms with Crippen molar-refractivity contribution in [2.24, 2.45) is 23.3 Å². The van der Waals surface area contributed by atoms with Crippen LogP contribution < -0.4 is 33.0 Å². The zero-order valence-corrected chi connectivity index (χ0v) is 27.9. The van der Waals surface area contributed by atoms with Crippen molar-refractivity contribution in [2.75, 3.05) is 18.5 Å². The second-order valence-corrected chi connectivity index (χ2v) is 11.9. The van der Waals surface area contributed by atoms with Gasteiger partial charge in [-0.05, 0) is 55.0 Å². The number of ether oxygens (including phenoxy) is 2. The quantitative estimate of drug-likeness (QED) is 0.0678. The number of carbonyl (C=O) groups is 5. The number of aromatic nitrogens is 3. The topological polar surface area (TPSA) is 243 Å². The van der Waals surface area contributed by atoms with Crippen molar-refractivity contribution in [3.05, 3.63) is 70.9 Å². The Morgan fingerprint density at radius 2 is 1.67 bits per heavy atom. The third-order valence-corrected chi connectivity index (χ3v) is 7.35. The molecular weight excluding hydrogens is 636 g/mol. The summed E-state index contributed by atoms with van der Waals surface area (Å²) in [5, 5.41) is 7.58. The SMILES string of the molecule is CC(C)[C@H](N)C(=O)N[C@H](C(=O)OCCOC(=O)N[C@@H](CC/C=C/C(N)=O)C(=O)Nc1cccn(Cc2nc3ccccc3[nH]2)c1=O)C(C)C. The number of imidazole rings is 1. The predicted octanol–water partition coefficient (Wildman–Crippen LogP) is 1.30.